The summed E-state index contributed by atoms with van der Waals surface area (Å²) >= 11 is 0. The number of carboxylic acid groups (broad SMARTS) is 1. The Bertz CT molecular complexity index is 1610. The number of piperazine rings is 1. The van der Waals surface area contributed by atoms with Gasteiger partial charge in [-0.1, -0.05) is 61.7 Å². The van der Waals surface area contributed by atoms with Crippen LogP contribution in [0.2, 0.25) is 0 Å². The molecule has 4 aromatic rings. The third kappa shape index (κ3) is 4.81. The Labute approximate surface area is 246 Å². The van der Waals surface area contributed by atoms with Crippen LogP contribution in [-0.4, -0.2) is 65.7 Å². The molecule has 7 heteroatoms. The Morgan fingerprint density at radius 3 is 2.29 bits per heavy atom. The average Bonchev–Trinajstić information content (AvgIpc) is 3.28. The van der Waals surface area contributed by atoms with Crippen molar-refractivity contribution in [2.45, 2.75) is 44.6 Å². The van der Waals surface area contributed by atoms with Crippen LogP contribution in [0.5, 0.6) is 0 Å². The van der Waals surface area contributed by atoms with Crippen molar-refractivity contribution in [2.24, 2.45) is 0 Å². The van der Waals surface area contributed by atoms with Crippen LogP contribution < -0.4 is 9.80 Å². The molecule has 0 unspecified atom stereocenters. The molecule has 0 radical (unpaired) electrons. The summed E-state index contributed by atoms with van der Waals surface area (Å²) in [6.07, 6.45) is 6.05. The molecule has 1 saturated carbocycles. The zero-order chi connectivity index (χ0) is 28.6. The molecule has 3 heterocycles. The molecule has 7 rings (SSSR count). The van der Waals surface area contributed by atoms with Crippen LogP contribution in [0.15, 0.2) is 72.8 Å². The van der Waals surface area contributed by atoms with Gasteiger partial charge in [-0.25, -0.2) is 4.79 Å². The summed E-state index contributed by atoms with van der Waals surface area (Å²) in [5.74, 6) is -0.287. The van der Waals surface area contributed by atoms with Crippen LogP contribution in [0.25, 0.3) is 22.2 Å². The molecule has 216 valence electrons. The zero-order valence-electron chi connectivity index (χ0n) is 24.0. The van der Waals surface area contributed by atoms with E-state index in [1.807, 2.05) is 23.1 Å². The SMILES string of the molecule is O=C(O)c1ccc2c(C3CCCCC3)c3n(c2c1)CCN(CC(=O)N1CCN(c2ccccc2)CC1)c1ccccc1-3. The van der Waals surface area contributed by atoms with Gasteiger partial charge >= 0.3 is 5.97 Å². The lowest BCUT2D eigenvalue weighted by Gasteiger charge is -2.37. The molecule has 1 N–H and O–H groups in total. The van der Waals surface area contributed by atoms with Gasteiger partial charge in [-0.3, -0.25) is 4.79 Å². The van der Waals surface area contributed by atoms with E-state index < -0.39 is 5.97 Å². The van der Waals surface area contributed by atoms with Crippen LogP contribution >= 0.6 is 0 Å². The summed E-state index contributed by atoms with van der Waals surface area (Å²) in [6.45, 7) is 4.83. The molecule has 2 fully saturated rings. The smallest absolute Gasteiger partial charge is 0.335 e. The molecule has 2 aliphatic heterocycles. The molecule has 42 heavy (non-hydrogen) atoms. The second kappa shape index (κ2) is 11.2. The van der Waals surface area contributed by atoms with E-state index in [1.54, 1.807) is 6.07 Å². The number of hydrogen-bond donors (Lipinski definition) is 1. The highest BCUT2D eigenvalue weighted by molar-refractivity contribution is 6.00. The Morgan fingerprint density at radius 1 is 0.786 bits per heavy atom. The highest BCUT2D eigenvalue weighted by atomic mass is 16.4. The van der Waals surface area contributed by atoms with Gasteiger partial charge in [0.1, 0.15) is 0 Å². The van der Waals surface area contributed by atoms with Gasteiger partial charge in [-0.05, 0) is 54.7 Å². The maximum absolute atomic E-state index is 13.7. The van der Waals surface area contributed by atoms with E-state index >= 15 is 0 Å². The first-order chi connectivity index (χ1) is 20.6. The maximum Gasteiger partial charge on any atom is 0.335 e. The van der Waals surface area contributed by atoms with E-state index in [2.05, 4.69) is 62.9 Å². The van der Waals surface area contributed by atoms with Gasteiger partial charge in [0, 0.05) is 67.1 Å². The van der Waals surface area contributed by atoms with Crippen LogP contribution in [-0.2, 0) is 11.3 Å². The molecule has 1 aromatic heterocycles. The van der Waals surface area contributed by atoms with Crippen LogP contribution in [0.1, 0.15) is 53.9 Å². The molecule has 1 aliphatic carbocycles. The Hall–Kier alpha value is -4.26. The standard InChI is InChI=1S/C35H38N4O3/c40-32(37-19-17-36(18-20-37)27-11-5-2-6-12-27)24-38-21-22-39-31-23-26(35(41)42)15-16-28(31)33(25-9-3-1-4-10-25)34(39)29-13-7-8-14-30(29)38/h2,5-8,11-16,23,25H,1,3-4,9-10,17-22,24H2,(H,41,42). The molecule has 0 bridgehead atoms. The highest BCUT2D eigenvalue weighted by Crippen LogP contribution is 2.47. The van der Waals surface area contributed by atoms with Crippen molar-refractivity contribution in [3.8, 4) is 11.3 Å². The highest BCUT2D eigenvalue weighted by Gasteiger charge is 2.32. The Morgan fingerprint density at radius 2 is 1.52 bits per heavy atom. The number of aromatic carboxylic acids is 1. The molecule has 3 aromatic carbocycles. The lowest BCUT2D eigenvalue weighted by Crippen LogP contribution is -2.51. The zero-order valence-corrected chi connectivity index (χ0v) is 24.0. The fraction of sp³-hybridized carbons (Fsp3) is 0.371. The first kappa shape index (κ1) is 26.6. The van der Waals surface area contributed by atoms with Gasteiger partial charge in [0.2, 0.25) is 5.91 Å². The fourth-order valence-corrected chi connectivity index (χ4v) is 7.41. The number of carbonyl (C=O) groups excluding carboxylic acids is 1. The minimum atomic E-state index is -0.903. The molecular weight excluding hydrogens is 524 g/mol. The quantitative estimate of drug-likeness (QED) is 0.313. The monoisotopic (exact) mass is 562 g/mol. The van der Waals surface area contributed by atoms with Gasteiger partial charge in [-0.15, -0.1) is 0 Å². The molecule has 0 spiro atoms. The predicted octanol–water partition coefficient (Wildman–Crippen LogP) is 6.22. The van der Waals surface area contributed by atoms with Gasteiger partial charge in [0.05, 0.1) is 17.8 Å². The van der Waals surface area contributed by atoms with E-state index in [4.69, 9.17) is 0 Å². The number of amides is 1. The van der Waals surface area contributed by atoms with Crippen molar-refractivity contribution in [1.82, 2.24) is 9.47 Å². The summed E-state index contributed by atoms with van der Waals surface area (Å²) in [6, 6.07) is 24.5. The number of carboxylic acids is 1. The van der Waals surface area contributed by atoms with Gasteiger partial charge in [0.25, 0.3) is 0 Å². The minimum Gasteiger partial charge on any atom is -0.478 e. The number of para-hydroxylation sites is 2. The number of fused-ring (bicyclic) bond motifs is 5. The number of benzene rings is 3. The Kier molecular flexibility index (Phi) is 7.10. The fourth-order valence-electron chi connectivity index (χ4n) is 7.41. The summed E-state index contributed by atoms with van der Waals surface area (Å²) in [4.78, 5) is 32.2. The second-order valence-corrected chi connectivity index (χ2v) is 11.9. The predicted molar refractivity (Wildman–Crippen MR) is 168 cm³/mol. The first-order valence-electron chi connectivity index (χ1n) is 15.4. The van der Waals surface area contributed by atoms with Crippen molar-refractivity contribution < 1.29 is 14.7 Å². The lowest BCUT2D eigenvalue weighted by molar-refractivity contribution is -0.130. The molecular formula is C35H38N4O3. The number of anilines is 2. The summed E-state index contributed by atoms with van der Waals surface area (Å²) in [5, 5.41) is 11.0. The van der Waals surface area contributed by atoms with Crippen molar-refractivity contribution >= 4 is 34.2 Å². The molecule has 7 nitrogen and oxygen atoms in total. The minimum absolute atomic E-state index is 0.162. The number of aromatic nitrogens is 1. The van der Waals surface area contributed by atoms with Crippen molar-refractivity contribution in [3.63, 3.8) is 0 Å². The summed E-state index contributed by atoms with van der Waals surface area (Å²) in [7, 11) is 0. The number of hydrogen-bond acceptors (Lipinski definition) is 4. The topological polar surface area (TPSA) is 69.0 Å². The van der Waals surface area contributed by atoms with Gasteiger partial charge < -0.3 is 24.4 Å². The van der Waals surface area contributed by atoms with E-state index in [0.29, 0.717) is 31.1 Å². The summed E-state index contributed by atoms with van der Waals surface area (Å²) < 4.78 is 2.34. The van der Waals surface area contributed by atoms with Crippen molar-refractivity contribution in [3.05, 3.63) is 83.9 Å². The number of rotatable bonds is 5. The average molecular weight is 563 g/mol. The second-order valence-electron chi connectivity index (χ2n) is 11.9. The largest absolute Gasteiger partial charge is 0.478 e. The molecule has 0 atom stereocenters. The van der Waals surface area contributed by atoms with Crippen LogP contribution in [0.3, 0.4) is 0 Å². The number of carbonyl (C=O) groups is 2. The first-order valence-corrected chi connectivity index (χ1v) is 15.4. The lowest BCUT2D eigenvalue weighted by atomic mass is 9.81. The maximum atomic E-state index is 13.7. The molecule has 1 saturated heterocycles. The van der Waals surface area contributed by atoms with E-state index in [0.717, 1.165) is 55.8 Å². The summed E-state index contributed by atoms with van der Waals surface area (Å²) in [5.41, 5.74) is 7.32. The van der Waals surface area contributed by atoms with Crippen molar-refractivity contribution in [1.29, 1.82) is 0 Å². The third-order valence-corrected chi connectivity index (χ3v) is 9.54. The van der Waals surface area contributed by atoms with E-state index in [1.165, 1.54) is 41.6 Å². The third-order valence-electron chi connectivity index (χ3n) is 9.54. The van der Waals surface area contributed by atoms with Crippen LogP contribution in [0, 0.1) is 0 Å². The number of nitrogens with zero attached hydrogens (tertiary/aromatic N) is 4. The molecule has 3 aliphatic rings. The van der Waals surface area contributed by atoms with E-state index in [9.17, 15) is 14.7 Å². The van der Waals surface area contributed by atoms with Gasteiger partial charge in [0.15, 0.2) is 0 Å². The molecule has 1 amide bonds. The van der Waals surface area contributed by atoms with Gasteiger partial charge in [-0.2, -0.15) is 0 Å². The van der Waals surface area contributed by atoms with Crippen molar-refractivity contribution in [2.75, 3.05) is 49.1 Å². The Balaban J connectivity index is 1.21. The van der Waals surface area contributed by atoms with E-state index in [-0.39, 0.29) is 5.91 Å². The van der Waals surface area contributed by atoms with Crippen LogP contribution in [0.4, 0.5) is 11.4 Å². The normalized spacial score (nSPS) is 17.6.